The molecular formula is C21H32O2. The first-order valence-corrected chi connectivity index (χ1v) is 9.22. The number of rotatable bonds is 13. The van der Waals surface area contributed by atoms with Gasteiger partial charge in [-0.25, -0.2) is 4.79 Å². The molecule has 0 heterocycles. The highest BCUT2D eigenvalue weighted by Gasteiger charge is 1.96. The van der Waals surface area contributed by atoms with Crippen molar-refractivity contribution < 1.29 is 9.90 Å². The number of carboxylic acids is 1. The summed E-state index contributed by atoms with van der Waals surface area (Å²) in [5.41, 5.74) is 2.29. The van der Waals surface area contributed by atoms with Gasteiger partial charge in [-0.2, -0.15) is 0 Å². The molecule has 0 amide bonds. The fraction of sp³-hybridized carbons (Fsp3) is 0.571. The van der Waals surface area contributed by atoms with E-state index in [0.717, 1.165) is 12.0 Å². The molecular weight excluding hydrogens is 284 g/mol. The van der Waals surface area contributed by atoms with Crippen molar-refractivity contribution in [1.29, 1.82) is 0 Å². The third-order valence-corrected chi connectivity index (χ3v) is 4.22. The molecule has 0 aromatic heterocycles. The van der Waals surface area contributed by atoms with E-state index < -0.39 is 5.97 Å². The molecule has 2 heteroatoms. The molecule has 0 fully saturated rings. The molecule has 0 bridgehead atoms. The number of aliphatic carboxylic acids is 1. The van der Waals surface area contributed by atoms with E-state index in [1.165, 1.54) is 75.8 Å². The Balaban J connectivity index is 2.04. The van der Waals surface area contributed by atoms with E-state index in [1.807, 2.05) is 12.1 Å². The Morgan fingerprint density at radius 1 is 0.870 bits per heavy atom. The highest BCUT2D eigenvalue weighted by atomic mass is 16.4. The third-order valence-electron chi connectivity index (χ3n) is 4.22. The third kappa shape index (κ3) is 10.7. The lowest BCUT2D eigenvalue weighted by Crippen LogP contribution is -1.88. The maximum Gasteiger partial charge on any atom is 0.328 e. The minimum Gasteiger partial charge on any atom is -0.478 e. The van der Waals surface area contributed by atoms with Gasteiger partial charge in [-0.1, -0.05) is 89.0 Å². The molecule has 0 unspecified atom stereocenters. The summed E-state index contributed by atoms with van der Waals surface area (Å²) in [6.45, 7) is 2.26. The average Bonchev–Trinajstić information content (AvgIpc) is 2.55. The highest BCUT2D eigenvalue weighted by Crippen LogP contribution is 2.13. The van der Waals surface area contributed by atoms with Crippen LogP contribution in [0.2, 0.25) is 0 Å². The molecule has 0 saturated carbocycles. The molecule has 2 nitrogen and oxygen atoms in total. The molecule has 128 valence electrons. The van der Waals surface area contributed by atoms with Crippen LogP contribution >= 0.6 is 0 Å². The standard InChI is InChI=1S/C21H32O2/c1-2-3-4-5-6-7-8-9-10-11-12-19-13-15-20(16-14-19)17-18-21(22)23/h13-18H,2-12H2,1H3,(H,22,23). The quantitative estimate of drug-likeness (QED) is 0.345. The Kier molecular flexibility index (Phi) is 10.9. The number of carboxylic acid groups (broad SMARTS) is 1. The summed E-state index contributed by atoms with van der Waals surface area (Å²) < 4.78 is 0. The van der Waals surface area contributed by atoms with Crippen LogP contribution in [0, 0.1) is 0 Å². The number of hydrogen-bond acceptors (Lipinski definition) is 1. The number of aryl methyl sites for hydroxylation is 1. The van der Waals surface area contributed by atoms with Gasteiger partial charge in [-0.15, -0.1) is 0 Å². The molecule has 1 aromatic carbocycles. The van der Waals surface area contributed by atoms with E-state index in [4.69, 9.17) is 5.11 Å². The zero-order chi connectivity index (χ0) is 16.8. The van der Waals surface area contributed by atoms with Crippen molar-refractivity contribution in [2.45, 2.75) is 77.6 Å². The Bertz CT molecular complexity index is 445. The zero-order valence-corrected chi connectivity index (χ0v) is 14.6. The van der Waals surface area contributed by atoms with Gasteiger partial charge >= 0.3 is 5.97 Å². The van der Waals surface area contributed by atoms with Crippen LogP contribution < -0.4 is 0 Å². The molecule has 0 saturated heterocycles. The van der Waals surface area contributed by atoms with Crippen molar-refractivity contribution in [3.05, 3.63) is 41.5 Å². The fourth-order valence-electron chi connectivity index (χ4n) is 2.78. The van der Waals surface area contributed by atoms with Gasteiger partial charge in [0, 0.05) is 6.08 Å². The van der Waals surface area contributed by atoms with Crippen LogP contribution in [0.15, 0.2) is 30.3 Å². The summed E-state index contributed by atoms with van der Waals surface area (Å²) in [6.07, 6.45) is 17.6. The van der Waals surface area contributed by atoms with Crippen LogP contribution in [0.1, 0.15) is 82.3 Å². The van der Waals surface area contributed by atoms with Gasteiger partial charge in [-0.3, -0.25) is 0 Å². The van der Waals surface area contributed by atoms with Gasteiger partial charge in [0.25, 0.3) is 0 Å². The normalized spacial score (nSPS) is 11.2. The molecule has 23 heavy (non-hydrogen) atoms. The lowest BCUT2D eigenvalue weighted by molar-refractivity contribution is -0.131. The predicted molar refractivity (Wildman–Crippen MR) is 98.7 cm³/mol. The monoisotopic (exact) mass is 316 g/mol. The molecule has 0 radical (unpaired) electrons. The van der Waals surface area contributed by atoms with Crippen molar-refractivity contribution in [3.63, 3.8) is 0 Å². The Labute approximate surface area is 141 Å². The molecule has 0 aliphatic rings. The lowest BCUT2D eigenvalue weighted by Gasteiger charge is -2.03. The number of hydrogen-bond donors (Lipinski definition) is 1. The SMILES string of the molecule is CCCCCCCCCCCCc1ccc(C=CC(=O)O)cc1. The number of carbonyl (C=O) groups is 1. The molecule has 1 aromatic rings. The Hall–Kier alpha value is -1.57. The minimum absolute atomic E-state index is 0.903. The van der Waals surface area contributed by atoms with Gasteiger partial charge in [0.2, 0.25) is 0 Å². The van der Waals surface area contributed by atoms with E-state index in [0.29, 0.717) is 0 Å². The van der Waals surface area contributed by atoms with E-state index in [1.54, 1.807) is 6.08 Å². The van der Waals surface area contributed by atoms with Crippen molar-refractivity contribution in [3.8, 4) is 0 Å². The smallest absolute Gasteiger partial charge is 0.328 e. The van der Waals surface area contributed by atoms with Crippen LogP contribution in [0.4, 0.5) is 0 Å². The van der Waals surface area contributed by atoms with Crippen LogP contribution in [0.5, 0.6) is 0 Å². The van der Waals surface area contributed by atoms with E-state index in [2.05, 4.69) is 19.1 Å². The maximum absolute atomic E-state index is 10.5. The largest absolute Gasteiger partial charge is 0.478 e. The minimum atomic E-state index is -0.903. The van der Waals surface area contributed by atoms with Gasteiger partial charge < -0.3 is 5.11 Å². The first kappa shape index (κ1) is 19.5. The summed E-state index contributed by atoms with van der Waals surface area (Å²) in [6, 6.07) is 8.20. The molecule has 1 N–H and O–H groups in total. The second-order valence-electron chi connectivity index (χ2n) is 6.35. The van der Waals surface area contributed by atoms with E-state index in [9.17, 15) is 4.79 Å². The van der Waals surface area contributed by atoms with Gasteiger partial charge in [-0.05, 0) is 30.0 Å². The predicted octanol–water partition coefficient (Wildman–Crippen LogP) is 6.25. The van der Waals surface area contributed by atoms with Gasteiger partial charge in [0.15, 0.2) is 0 Å². The van der Waals surface area contributed by atoms with Crippen molar-refractivity contribution in [2.75, 3.05) is 0 Å². The summed E-state index contributed by atoms with van der Waals surface area (Å²) in [4.78, 5) is 10.5. The second-order valence-corrected chi connectivity index (χ2v) is 6.35. The first-order valence-electron chi connectivity index (χ1n) is 9.22. The topological polar surface area (TPSA) is 37.3 Å². The molecule has 0 atom stereocenters. The van der Waals surface area contributed by atoms with E-state index in [-0.39, 0.29) is 0 Å². The molecule has 1 rings (SSSR count). The zero-order valence-electron chi connectivity index (χ0n) is 14.6. The number of unbranched alkanes of at least 4 members (excludes halogenated alkanes) is 9. The molecule has 0 aliphatic heterocycles. The van der Waals surface area contributed by atoms with Crippen LogP contribution in [0.3, 0.4) is 0 Å². The summed E-state index contributed by atoms with van der Waals surface area (Å²) in [5, 5.41) is 8.60. The molecule has 0 aliphatic carbocycles. The van der Waals surface area contributed by atoms with Crippen molar-refractivity contribution in [1.82, 2.24) is 0 Å². The first-order chi connectivity index (χ1) is 11.2. The maximum atomic E-state index is 10.5. The van der Waals surface area contributed by atoms with Crippen molar-refractivity contribution >= 4 is 12.0 Å². The highest BCUT2D eigenvalue weighted by molar-refractivity contribution is 5.85. The summed E-state index contributed by atoms with van der Waals surface area (Å²) >= 11 is 0. The van der Waals surface area contributed by atoms with E-state index >= 15 is 0 Å². The van der Waals surface area contributed by atoms with Gasteiger partial charge in [0.1, 0.15) is 0 Å². The van der Waals surface area contributed by atoms with Crippen LogP contribution in [0.25, 0.3) is 6.08 Å². The lowest BCUT2D eigenvalue weighted by atomic mass is 10.0. The van der Waals surface area contributed by atoms with Gasteiger partial charge in [0.05, 0.1) is 0 Å². The fourth-order valence-corrected chi connectivity index (χ4v) is 2.78. The summed E-state index contributed by atoms with van der Waals surface area (Å²) in [7, 11) is 0. The van der Waals surface area contributed by atoms with Crippen molar-refractivity contribution in [2.24, 2.45) is 0 Å². The molecule has 0 spiro atoms. The average molecular weight is 316 g/mol. The second kappa shape index (κ2) is 12.9. The Morgan fingerprint density at radius 2 is 1.39 bits per heavy atom. The van der Waals surface area contributed by atoms with Crippen LogP contribution in [-0.4, -0.2) is 11.1 Å². The summed E-state index contributed by atoms with van der Waals surface area (Å²) in [5.74, 6) is -0.903. The van der Waals surface area contributed by atoms with Crippen LogP contribution in [-0.2, 0) is 11.2 Å². The number of benzene rings is 1. The Morgan fingerprint density at radius 3 is 1.91 bits per heavy atom.